The van der Waals surface area contributed by atoms with Crippen molar-refractivity contribution in [2.75, 3.05) is 13.7 Å². The van der Waals surface area contributed by atoms with Gasteiger partial charge in [-0.2, -0.15) is 0 Å². The number of benzene rings is 1. The summed E-state index contributed by atoms with van der Waals surface area (Å²) in [5.41, 5.74) is 5.43. The van der Waals surface area contributed by atoms with Crippen LogP contribution >= 0.6 is 0 Å². The lowest BCUT2D eigenvalue weighted by Crippen LogP contribution is -2.35. The summed E-state index contributed by atoms with van der Waals surface area (Å²) in [6, 6.07) is 3.12. The molecule has 1 aromatic rings. The average molecular weight is 262 g/mol. The molecule has 1 aromatic carbocycles. The van der Waals surface area contributed by atoms with Gasteiger partial charge >= 0.3 is 0 Å². The van der Waals surface area contributed by atoms with Gasteiger partial charge in [0.15, 0.2) is 11.6 Å². The van der Waals surface area contributed by atoms with Gasteiger partial charge in [-0.25, -0.2) is 17.5 Å². The van der Waals surface area contributed by atoms with Gasteiger partial charge in [0.25, 0.3) is 0 Å². The van der Waals surface area contributed by atoms with Crippen molar-refractivity contribution >= 4 is 10.0 Å². The first-order valence-electron chi connectivity index (χ1n) is 4.95. The molecule has 1 atom stereocenters. The Morgan fingerprint density at radius 2 is 2.18 bits per heavy atom. The molecule has 17 heavy (non-hydrogen) atoms. The second-order valence-corrected chi connectivity index (χ2v) is 5.39. The molecule has 5 nitrogen and oxygen atoms in total. The maximum atomic E-state index is 13.3. The molecule has 0 fully saturated rings. The Morgan fingerprint density at radius 1 is 1.53 bits per heavy atom. The van der Waals surface area contributed by atoms with E-state index >= 15 is 0 Å². The van der Waals surface area contributed by atoms with Crippen LogP contribution in [0.5, 0.6) is 5.75 Å². The molecule has 1 rings (SSSR count). The largest absolute Gasteiger partial charge is 0.494 e. The van der Waals surface area contributed by atoms with Crippen molar-refractivity contribution in [1.82, 2.24) is 4.72 Å². The monoisotopic (exact) mass is 262 g/mol. The quantitative estimate of drug-likeness (QED) is 0.807. The molecule has 7 heteroatoms. The van der Waals surface area contributed by atoms with Gasteiger partial charge in [-0.3, -0.25) is 0 Å². The first-order valence-corrected chi connectivity index (χ1v) is 6.44. The third kappa shape index (κ3) is 3.65. The third-order valence-corrected chi connectivity index (χ3v) is 3.45. The van der Waals surface area contributed by atoms with Gasteiger partial charge in [-0.05, 0) is 25.1 Å². The molecule has 3 N–H and O–H groups in total. The van der Waals surface area contributed by atoms with E-state index in [1.807, 2.05) is 0 Å². The van der Waals surface area contributed by atoms with Crippen LogP contribution in [0.2, 0.25) is 0 Å². The first kappa shape index (κ1) is 13.9. The van der Waals surface area contributed by atoms with Crippen molar-refractivity contribution in [2.45, 2.75) is 17.9 Å². The third-order valence-electron chi connectivity index (χ3n) is 2.03. The lowest BCUT2D eigenvalue weighted by molar-refractivity contribution is 0.385. The van der Waals surface area contributed by atoms with Gasteiger partial charge in [0.1, 0.15) is 0 Å². The van der Waals surface area contributed by atoms with E-state index in [-0.39, 0.29) is 23.2 Å². The van der Waals surface area contributed by atoms with E-state index in [1.54, 1.807) is 6.92 Å². The molecule has 0 radical (unpaired) electrons. The normalized spacial score (nSPS) is 13.4. The molecule has 0 aliphatic rings. The van der Waals surface area contributed by atoms with E-state index in [1.165, 1.54) is 19.2 Å². The number of sulfonamides is 1. The van der Waals surface area contributed by atoms with Gasteiger partial charge in [0, 0.05) is 12.6 Å². The highest BCUT2D eigenvalue weighted by atomic mass is 32.2. The summed E-state index contributed by atoms with van der Waals surface area (Å²) < 4.78 is 43.7. The smallest absolute Gasteiger partial charge is 0.240 e. The Hall–Kier alpha value is -1.18. The van der Waals surface area contributed by atoms with Crippen LogP contribution in [0.1, 0.15) is 6.92 Å². The van der Waals surface area contributed by atoms with Crippen molar-refractivity contribution in [3.8, 4) is 5.75 Å². The molecule has 0 saturated heterocycles. The number of rotatable bonds is 5. The molecular formula is C10H15FN2O3S. The molecule has 0 saturated carbocycles. The second kappa shape index (κ2) is 5.44. The predicted octanol–water partition coefficient (Wildman–Crippen LogP) is 0.460. The fraction of sp³-hybridized carbons (Fsp3) is 0.400. The summed E-state index contributed by atoms with van der Waals surface area (Å²) in [6.45, 7) is 1.76. The van der Waals surface area contributed by atoms with E-state index in [9.17, 15) is 12.8 Å². The van der Waals surface area contributed by atoms with Crippen LogP contribution in [-0.4, -0.2) is 28.1 Å². The van der Waals surface area contributed by atoms with Gasteiger partial charge in [0.05, 0.1) is 12.0 Å². The predicted molar refractivity (Wildman–Crippen MR) is 61.8 cm³/mol. The van der Waals surface area contributed by atoms with E-state index < -0.39 is 15.8 Å². The van der Waals surface area contributed by atoms with Gasteiger partial charge < -0.3 is 10.5 Å². The van der Waals surface area contributed by atoms with Crippen LogP contribution in [-0.2, 0) is 10.0 Å². The fourth-order valence-electron chi connectivity index (χ4n) is 1.14. The minimum absolute atomic E-state index is 0.00357. The highest BCUT2D eigenvalue weighted by Gasteiger charge is 2.16. The Kier molecular flexibility index (Phi) is 4.44. The molecule has 0 bridgehead atoms. The summed E-state index contributed by atoms with van der Waals surface area (Å²) in [5.74, 6) is -0.729. The first-order chi connectivity index (χ1) is 7.86. The number of methoxy groups -OCH3 is 1. The number of nitrogens with one attached hydrogen (secondary N) is 1. The van der Waals surface area contributed by atoms with Crippen molar-refractivity contribution in [1.29, 1.82) is 0 Å². The number of halogens is 1. The van der Waals surface area contributed by atoms with Crippen LogP contribution in [0.3, 0.4) is 0 Å². The lowest BCUT2D eigenvalue weighted by Gasteiger charge is -2.09. The lowest BCUT2D eigenvalue weighted by atomic mass is 10.3. The molecular weight excluding hydrogens is 247 g/mol. The summed E-state index contributed by atoms with van der Waals surface area (Å²) in [4.78, 5) is -0.156. The average Bonchev–Trinajstić information content (AvgIpc) is 2.26. The van der Waals surface area contributed by atoms with E-state index in [4.69, 9.17) is 10.5 Å². The van der Waals surface area contributed by atoms with Crippen molar-refractivity contribution in [3.63, 3.8) is 0 Å². The molecule has 0 amide bonds. The standard InChI is InChI=1S/C10H15FN2O3S/c1-7(12)6-13-17(14,15)8-3-4-10(16-2)9(11)5-8/h3-5,7,13H,6,12H2,1-2H3. The number of hydrogen-bond acceptors (Lipinski definition) is 4. The number of ether oxygens (including phenoxy) is 1. The zero-order valence-corrected chi connectivity index (χ0v) is 10.4. The highest BCUT2D eigenvalue weighted by molar-refractivity contribution is 7.89. The highest BCUT2D eigenvalue weighted by Crippen LogP contribution is 2.20. The molecule has 0 aliphatic heterocycles. The molecule has 0 heterocycles. The maximum Gasteiger partial charge on any atom is 0.240 e. The minimum Gasteiger partial charge on any atom is -0.494 e. The fourth-order valence-corrected chi connectivity index (χ4v) is 2.29. The van der Waals surface area contributed by atoms with Crippen molar-refractivity contribution < 1.29 is 17.5 Å². The SMILES string of the molecule is COc1ccc(S(=O)(=O)NCC(C)N)cc1F. The Morgan fingerprint density at radius 3 is 2.65 bits per heavy atom. The Balaban J connectivity index is 2.96. The van der Waals surface area contributed by atoms with Crippen LogP contribution in [0.25, 0.3) is 0 Å². The van der Waals surface area contributed by atoms with Gasteiger partial charge in [0.2, 0.25) is 10.0 Å². The molecule has 96 valence electrons. The Labute approximate surface area is 99.8 Å². The molecule has 0 aliphatic carbocycles. The van der Waals surface area contributed by atoms with Crippen LogP contribution in [0.15, 0.2) is 23.1 Å². The van der Waals surface area contributed by atoms with Crippen LogP contribution in [0.4, 0.5) is 4.39 Å². The van der Waals surface area contributed by atoms with Crippen LogP contribution in [0, 0.1) is 5.82 Å². The molecule has 0 aromatic heterocycles. The summed E-state index contributed by atoms with van der Waals surface area (Å²) >= 11 is 0. The Bertz CT molecular complexity index is 488. The second-order valence-electron chi connectivity index (χ2n) is 3.63. The van der Waals surface area contributed by atoms with Gasteiger partial charge in [-0.1, -0.05) is 0 Å². The topological polar surface area (TPSA) is 81.4 Å². The number of hydrogen-bond donors (Lipinski definition) is 2. The molecule has 1 unspecified atom stereocenters. The van der Waals surface area contributed by atoms with E-state index in [2.05, 4.69) is 4.72 Å². The summed E-state index contributed by atoms with van der Waals surface area (Å²) in [6.07, 6.45) is 0. The summed E-state index contributed by atoms with van der Waals surface area (Å²) in [5, 5.41) is 0. The van der Waals surface area contributed by atoms with Crippen molar-refractivity contribution in [3.05, 3.63) is 24.0 Å². The zero-order valence-electron chi connectivity index (χ0n) is 9.60. The van der Waals surface area contributed by atoms with E-state index in [0.717, 1.165) is 6.07 Å². The molecule has 0 spiro atoms. The van der Waals surface area contributed by atoms with E-state index in [0.29, 0.717) is 0 Å². The van der Waals surface area contributed by atoms with Crippen LogP contribution < -0.4 is 15.2 Å². The van der Waals surface area contributed by atoms with Gasteiger partial charge in [-0.15, -0.1) is 0 Å². The number of nitrogens with two attached hydrogens (primary N) is 1. The maximum absolute atomic E-state index is 13.3. The zero-order chi connectivity index (χ0) is 13.1. The van der Waals surface area contributed by atoms with Crippen molar-refractivity contribution in [2.24, 2.45) is 5.73 Å². The minimum atomic E-state index is -3.73. The summed E-state index contributed by atoms with van der Waals surface area (Å²) in [7, 11) is -2.42.